The van der Waals surface area contributed by atoms with E-state index in [9.17, 15) is 4.79 Å². The van der Waals surface area contributed by atoms with Crippen LogP contribution in [0, 0.1) is 5.92 Å². The van der Waals surface area contributed by atoms with E-state index >= 15 is 0 Å². The molecule has 0 radical (unpaired) electrons. The minimum atomic E-state index is -0.0785. The van der Waals surface area contributed by atoms with E-state index in [1.54, 1.807) is 0 Å². The lowest BCUT2D eigenvalue weighted by Crippen LogP contribution is -2.12. The molecule has 1 nitrogen and oxygen atoms in total. The fourth-order valence-electron chi connectivity index (χ4n) is 1.75. The molecule has 0 aliphatic heterocycles. The Morgan fingerprint density at radius 3 is 2.47 bits per heavy atom. The number of allylic oxidation sites excluding steroid dienone is 4. The van der Waals surface area contributed by atoms with Crippen LogP contribution in [0.2, 0.25) is 0 Å². The summed E-state index contributed by atoms with van der Waals surface area (Å²) in [5.74, 6) is 0.102. The molecule has 0 heterocycles. The minimum Gasteiger partial charge on any atom is -0.294 e. The van der Waals surface area contributed by atoms with Gasteiger partial charge in [0.25, 0.3) is 0 Å². The van der Waals surface area contributed by atoms with E-state index in [0.717, 1.165) is 17.6 Å². The molecule has 0 spiro atoms. The first-order valence-electron chi connectivity index (χ1n) is 6.12. The van der Waals surface area contributed by atoms with Crippen LogP contribution in [0.15, 0.2) is 54.1 Å². The zero-order valence-electron chi connectivity index (χ0n) is 10.8. The maximum atomic E-state index is 12.2. The molecule has 1 atom stereocenters. The average molecular weight is 228 g/mol. The summed E-state index contributed by atoms with van der Waals surface area (Å²) in [5.41, 5.74) is 1.87. The number of hydrogen-bond donors (Lipinski definition) is 0. The summed E-state index contributed by atoms with van der Waals surface area (Å²) in [7, 11) is 0. The van der Waals surface area contributed by atoms with Crippen LogP contribution in [0.25, 0.3) is 0 Å². The van der Waals surface area contributed by atoms with Gasteiger partial charge in [-0.25, -0.2) is 0 Å². The molecule has 0 N–H and O–H groups in total. The zero-order valence-corrected chi connectivity index (χ0v) is 10.8. The molecule has 0 fully saturated rings. The fraction of sp³-hybridized carbons (Fsp3) is 0.312. The first kappa shape index (κ1) is 13.4. The van der Waals surface area contributed by atoms with Gasteiger partial charge in [0.05, 0.1) is 0 Å². The molecular weight excluding hydrogens is 208 g/mol. The van der Waals surface area contributed by atoms with Crippen molar-refractivity contribution in [1.82, 2.24) is 0 Å². The molecular formula is C16H20O. The summed E-state index contributed by atoms with van der Waals surface area (Å²) in [6.45, 7) is 6.03. The molecule has 1 heteroatoms. The molecule has 17 heavy (non-hydrogen) atoms. The fourth-order valence-corrected chi connectivity index (χ4v) is 1.75. The van der Waals surface area contributed by atoms with E-state index in [4.69, 9.17) is 0 Å². The molecule has 0 saturated heterocycles. The second-order valence-corrected chi connectivity index (χ2v) is 4.05. The van der Waals surface area contributed by atoms with Gasteiger partial charge in [0, 0.05) is 11.5 Å². The Hall–Kier alpha value is -1.63. The number of carbonyl (C=O) groups excluding carboxylic acids is 1. The summed E-state index contributed by atoms with van der Waals surface area (Å²) in [6.07, 6.45) is 7.14. The molecule has 1 rings (SSSR count). The Bertz CT molecular complexity index is 412. The third-order valence-corrected chi connectivity index (χ3v) is 2.83. The third-order valence-electron chi connectivity index (χ3n) is 2.83. The van der Waals surface area contributed by atoms with Crippen molar-refractivity contribution in [1.29, 1.82) is 0 Å². The first-order chi connectivity index (χ1) is 8.20. The highest BCUT2D eigenvalue weighted by molar-refractivity contribution is 5.99. The second kappa shape index (κ2) is 6.85. The van der Waals surface area contributed by atoms with Crippen LogP contribution in [0.5, 0.6) is 0 Å². The molecule has 0 aliphatic carbocycles. The summed E-state index contributed by atoms with van der Waals surface area (Å²) < 4.78 is 0. The highest BCUT2D eigenvalue weighted by Gasteiger charge is 2.16. The van der Waals surface area contributed by atoms with Crippen molar-refractivity contribution in [2.75, 3.05) is 0 Å². The van der Waals surface area contributed by atoms with E-state index in [0.29, 0.717) is 0 Å². The predicted molar refractivity (Wildman–Crippen MR) is 73.1 cm³/mol. The van der Waals surface area contributed by atoms with Crippen molar-refractivity contribution in [3.63, 3.8) is 0 Å². The van der Waals surface area contributed by atoms with Crippen LogP contribution in [0.4, 0.5) is 0 Å². The second-order valence-electron chi connectivity index (χ2n) is 4.05. The van der Waals surface area contributed by atoms with Crippen LogP contribution in [-0.4, -0.2) is 5.78 Å². The SMILES string of the molecule is C/C=C(\C=C/CC)C(C)C(=O)c1ccccc1. The third kappa shape index (κ3) is 3.70. The molecule has 1 unspecified atom stereocenters. The van der Waals surface area contributed by atoms with E-state index in [1.807, 2.05) is 56.3 Å². The van der Waals surface area contributed by atoms with E-state index < -0.39 is 0 Å². The van der Waals surface area contributed by atoms with Crippen molar-refractivity contribution < 1.29 is 4.79 Å². The lowest BCUT2D eigenvalue weighted by molar-refractivity contribution is 0.0949. The van der Waals surface area contributed by atoms with Gasteiger partial charge >= 0.3 is 0 Å². The van der Waals surface area contributed by atoms with Crippen LogP contribution in [0.1, 0.15) is 37.6 Å². The van der Waals surface area contributed by atoms with Gasteiger partial charge in [0.1, 0.15) is 0 Å². The van der Waals surface area contributed by atoms with Crippen LogP contribution < -0.4 is 0 Å². The van der Waals surface area contributed by atoms with Gasteiger partial charge in [0.2, 0.25) is 0 Å². The smallest absolute Gasteiger partial charge is 0.170 e. The van der Waals surface area contributed by atoms with Gasteiger partial charge in [-0.1, -0.05) is 62.4 Å². The quantitative estimate of drug-likeness (QED) is 0.538. The molecule has 0 saturated carbocycles. The number of Topliss-reactive ketones (excluding diaryl/α,β-unsaturated/α-hetero) is 1. The highest BCUT2D eigenvalue weighted by atomic mass is 16.1. The molecule has 1 aromatic rings. The lowest BCUT2D eigenvalue weighted by Gasteiger charge is -2.11. The maximum Gasteiger partial charge on any atom is 0.170 e. The summed E-state index contributed by atoms with van der Waals surface area (Å²) in [6, 6.07) is 9.47. The molecule has 0 bridgehead atoms. The van der Waals surface area contributed by atoms with Gasteiger partial charge < -0.3 is 0 Å². The summed E-state index contributed by atoms with van der Waals surface area (Å²) >= 11 is 0. The predicted octanol–water partition coefficient (Wildman–Crippen LogP) is 4.42. The lowest BCUT2D eigenvalue weighted by atomic mass is 9.91. The molecule has 90 valence electrons. The minimum absolute atomic E-state index is 0.0785. The van der Waals surface area contributed by atoms with E-state index in [-0.39, 0.29) is 11.7 Å². The van der Waals surface area contributed by atoms with Crippen LogP contribution in [-0.2, 0) is 0 Å². The van der Waals surface area contributed by atoms with Crippen molar-refractivity contribution in [2.24, 2.45) is 5.92 Å². The van der Waals surface area contributed by atoms with Crippen molar-refractivity contribution in [2.45, 2.75) is 27.2 Å². The molecule has 0 amide bonds. The van der Waals surface area contributed by atoms with Gasteiger partial charge in [0.15, 0.2) is 5.78 Å². The van der Waals surface area contributed by atoms with Gasteiger partial charge in [-0.15, -0.1) is 0 Å². The van der Waals surface area contributed by atoms with Crippen molar-refractivity contribution in [3.8, 4) is 0 Å². The Morgan fingerprint density at radius 2 is 1.94 bits per heavy atom. The van der Waals surface area contributed by atoms with Gasteiger partial charge in [-0.3, -0.25) is 4.79 Å². The Morgan fingerprint density at radius 1 is 1.29 bits per heavy atom. The van der Waals surface area contributed by atoms with Crippen molar-refractivity contribution >= 4 is 5.78 Å². The largest absolute Gasteiger partial charge is 0.294 e. The summed E-state index contributed by atoms with van der Waals surface area (Å²) in [5, 5.41) is 0. The highest BCUT2D eigenvalue weighted by Crippen LogP contribution is 2.18. The Kier molecular flexibility index (Phi) is 5.41. The normalized spacial score (nSPS) is 13.9. The zero-order chi connectivity index (χ0) is 12.7. The number of carbonyl (C=O) groups is 1. The topological polar surface area (TPSA) is 17.1 Å². The number of benzene rings is 1. The number of ketones is 1. The van der Waals surface area contributed by atoms with E-state index in [1.165, 1.54) is 0 Å². The Balaban J connectivity index is 2.86. The maximum absolute atomic E-state index is 12.2. The molecule has 0 aromatic heterocycles. The number of rotatable bonds is 5. The van der Waals surface area contributed by atoms with Gasteiger partial charge in [-0.2, -0.15) is 0 Å². The summed E-state index contributed by atoms with van der Waals surface area (Å²) in [4.78, 5) is 12.2. The van der Waals surface area contributed by atoms with Crippen molar-refractivity contribution in [3.05, 3.63) is 59.7 Å². The standard InChI is InChI=1S/C16H20O/c1-4-6-10-14(5-2)13(3)16(17)15-11-8-7-9-12-15/h5-13H,4H2,1-3H3/b10-6-,14-5+. The monoisotopic (exact) mass is 228 g/mol. The average Bonchev–Trinajstić information content (AvgIpc) is 2.39. The van der Waals surface area contributed by atoms with Crippen LogP contribution in [0.3, 0.4) is 0 Å². The first-order valence-corrected chi connectivity index (χ1v) is 6.12. The van der Waals surface area contributed by atoms with E-state index in [2.05, 4.69) is 13.0 Å². The molecule has 0 aliphatic rings. The number of hydrogen-bond acceptors (Lipinski definition) is 1. The Labute approximate surface area is 104 Å². The van der Waals surface area contributed by atoms with Gasteiger partial charge in [-0.05, 0) is 18.9 Å². The molecule has 1 aromatic carbocycles. The van der Waals surface area contributed by atoms with Crippen LogP contribution >= 0.6 is 0 Å².